The van der Waals surface area contributed by atoms with Gasteiger partial charge >= 0.3 is 0 Å². The van der Waals surface area contributed by atoms with Gasteiger partial charge in [-0.25, -0.2) is 0 Å². The van der Waals surface area contributed by atoms with Crippen molar-refractivity contribution < 1.29 is 9.53 Å². The summed E-state index contributed by atoms with van der Waals surface area (Å²) in [7, 11) is 1.56. The van der Waals surface area contributed by atoms with Crippen LogP contribution in [0.3, 0.4) is 0 Å². The van der Waals surface area contributed by atoms with Crippen LogP contribution in [0.25, 0.3) is 0 Å². The van der Waals surface area contributed by atoms with Crippen molar-refractivity contribution in [2.24, 2.45) is 0 Å². The third-order valence-corrected chi connectivity index (χ3v) is 2.52. The lowest BCUT2D eigenvalue weighted by atomic mass is 10.1. The van der Waals surface area contributed by atoms with Crippen LogP contribution in [-0.2, 0) is 0 Å². The smallest absolute Gasteiger partial charge is 0.167 e. The summed E-state index contributed by atoms with van der Waals surface area (Å²) in [5.41, 5.74) is 0.607. The predicted octanol–water partition coefficient (Wildman–Crippen LogP) is 2.96. The lowest BCUT2D eigenvalue weighted by Crippen LogP contribution is -2.02. The van der Waals surface area contributed by atoms with Gasteiger partial charge in [-0.05, 0) is 24.0 Å². The molecule has 0 N–H and O–H groups in total. The van der Waals surface area contributed by atoms with Gasteiger partial charge in [0.15, 0.2) is 5.78 Å². The highest BCUT2D eigenvalue weighted by molar-refractivity contribution is 9.10. The number of thiol groups is 1. The van der Waals surface area contributed by atoms with E-state index in [1.54, 1.807) is 19.2 Å². The van der Waals surface area contributed by atoms with Gasteiger partial charge < -0.3 is 4.74 Å². The molecular formula is C10H11BrO2S. The minimum absolute atomic E-state index is 0.0538. The van der Waals surface area contributed by atoms with E-state index in [0.717, 1.165) is 4.47 Å². The van der Waals surface area contributed by atoms with Gasteiger partial charge in [0.25, 0.3) is 0 Å². The normalized spacial score (nSPS) is 9.93. The first-order valence-corrected chi connectivity index (χ1v) is 5.59. The zero-order valence-electron chi connectivity index (χ0n) is 7.79. The minimum Gasteiger partial charge on any atom is -0.496 e. The lowest BCUT2D eigenvalue weighted by molar-refractivity contribution is 0.0986. The predicted molar refractivity (Wildman–Crippen MR) is 63.5 cm³/mol. The van der Waals surface area contributed by atoms with Crippen LogP contribution in [0.2, 0.25) is 0 Å². The number of carbonyl (C=O) groups excluding carboxylic acids is 1. The summed E-state index contributed by atoms with van der Waals surface area (Å²) in [6, 6.07) is 5.39. The number of rotatable bonds is 4. The third kappa shape index (κ3) is 2.75. The molecular weight excluding hydrogens is 264 g/mol. The standard InChI is InChI=1S/C10H11BrO2S/c1-13-10-3-2-7(11)6-8(10)9(12)4-5-14/h2-3,6,14H,4-5H2,1H3. The summed E-state index contributed by atoms with van der Waals surface area (Å²) in [4.78, 5) is 11.6. The van der Waals surface area contributed by atoms with Crippen LogP contribution in [0.15, 0.2) is 22.7 Å². The summed E-state index contributed by atoms with van der Waals surface area (Å²) in [5.74, 6) is 1.22. The Bertz CT molecular complexity index is 339. The van der Waals surface area contributed by atoms with E-state index in [4.69, 9.17) is 4.74 Å². The molecule has 0 aliphatic rings. The molecule has 1 aromatic rings. The van der Waals surface area contributed by atoms with Crippen LogP contribution in [0.5, 0.6) is 5.75 Å². The van der Waals surface area contributed by atoms with Gasteiger partial charge in [-0.15, -0.1) is 0 Å². The van der Waals surface area contributed by atoms with Crippen molar-refractivity contribution in [3.63, 3.8) is 0 Å². The van der Waals surface area contributed by atoms with Gasteiger partial charge in [0.2, 0.25) is 0 Å². The number of carbonyl (C=O) groups is 1. The Morgan fingerprint density at radius 3 is 2.86 bits per heavy atom. The molecule has 0 saturated heterocycles. The molecule has 76 valence electrons. The number of ether oxygens (including phenoxy) is 1. The molecule has 0 bridgehead atoms. The average Bonchev–Trinajstić information content (AvgIpc) is 2.18. The van der Waals surface area contributed by atoms with Crippen LogP contribution >= 0.6 is 28.6 Å². The fourth-order valence-corrected chi connectivity index (χ4v) is 1.70. The van der Waals surface area contributed by atoms with E-state index >= 15 is 0 Å². The van der Waals surface area contributed by atoms with Gasteiger partial charge in [0.05, 0.1) is 12.7 Å². The van der Waals surface area contributed by atoms with Crippen LogP contribution in [0.1, 0.15) is 16.8 Å². The van der Waals surface area contributed by atoms with Crippen LogP contribution in [0, 0.1) is 0 Å². The molecule has 0 fully saturated rings. The molecule has 4 heteroatoms. The Balaban J connectivity index is 3.03. The molecule has 1 rings (SSSR count). The molecule has 14 heavy (non-hydrogen) atoms. The highest BCUT2D eigenvalue weighted by atomic mass is 79.9. The number of benzene rings is 1. The molecule has 0 aliphatic carbocycles. The molecule has 0 atom stereocenters. The maximum absolute atomic E-state index is 11.6. The first kappa shape index (κ1) is 11.6. The molecule has 0 spiro atoms. The van der Waals surface area contributed by atoms with E-state index < -0.39 is 0 Å². The molecule has 0 aliphatic heterocycles. The Kier molecular flexibility index (Phi) is 4.48. The first-order chi connectivity index (χ1) is 6.69. The van der Waals surface area contributed by atoms with Gasteiger partial charge in [0.1, 0.15) is 5.75 Å². The number of halogens is 1. The molecule has 0 saturated carbocycles. The first-order valence-electron chi connectivity index (χ1n) is 4.16. The maximum atomic E-state index is 11.6. The van der Waals surface area contributed by atoms with Gasteiger partial charge in [-0.1, -0.05) is 15.9 Å². The quantitative estimate of drug-likeness (QED) is 0.675. The fourth-order valence-electron chi connectivity index (χ4n) is 1.13. The number of ketones is 1. The van der Waals surface area contributed by atoms with E-state index in [1.807, 2.05) is 6.07 Å². The van der Waals surface area contributed by atoms with Gasteiger partial charge in [-0.2, -0.15) is 12.6 Å². The average molecular weight is 275 g/mol. The van der Waals surface area contributed by atoms with Gasteiger partial charge in [-0.3, -0.25) is 4.79 Å². The third-order valence-electron chi connectivity index (χ3n) is 1.80. The Hall–Kier alpha value is -0.480. The Morgan fingerprint density at radius 2 is 2.29 bits per heavy atom. The fraction of sp³-hybridized carbons (Fsp3) is 0.300. The number of methoxy groups -OCH3 is 1. The van der Waals surface area contributed by atoms with Crippen LogP contribution < -0.4 is 4.74 Å². The second-order valence-electron chi connectivity index (χ2n) is 2.74. The Labute approximate surface area is 97.2 Å². The van der Waals surface area contributed by atoms with E-state index in [0.29, 0.717) is 23.5 Å². The number of hydrogen-bond acceptors (Lipinski definition) is 3. The molecule has 0 amide bonds. The van der Waals surface area contributed by atoms with Crippen molar-refractivity contribution in [1.82, 2.24) is 0 Å². The van der Waals surface area contributed by atoms with E-state index in [2.05, 4.69) is 28.6 Å². The summed E-state index contributed by atoms with van der Waals surface area (Å²) in [5, 5.41) is 0. The molecule has 0 heterocycles. The maximum Gasteiger partial charge on any atom is 0.167 e. The SMILES string of the molecule is COc1ccc(Br)cc1C(=O)CCS. The molecule has 1 aromatic carbocycles. The van der Waals surface area contributed by atoms with E-state index in [1.165, 1.54) is 0 Å². The summed E-state index contributed by atoms with van der Waals surface area (Å²) in [6.07, 6.45) is 0.427. The summed E-state index contributed by atoms with van der Waals surface area (Å²) >= 11 is 7.34. The van der Waals surface area contributed by atoms with Crippen molar-refractivity contribution in [3.05, 3.63) is 28.2 Å². The van der Waals surface area contributed by atoms with Crippen molar-refractivity contribution in [1.29, 1.82) is 0 Å². The van der Waals surface area contributed by atoms with Crippen molar-refractivity contribution >= 4 is 34.3 Å². The van der Waals surface area contributed by atoms with Crippen LogP contribution in [0.4, 0.5) is 0 Å². The van der Waals surface area contributed by atoms with Crippen LogP contribution in [-0.4, -0.2) is 18.6 Å². The van der Waals surface area contributed by atoms with Gasteiger partial charge in [0, 0.05) is 10.9 Å². The highest BCUT2D eigenvalue weighted by Gasteiger charge is 2.11. The zero-order chi connectivity index (χ0) is 10.6. The molecule has 2 nitrogen and oxygen atoms in total. The van der Waals surface area contributed by atoms with Crippen molar-refractivity contribution in [2.45, 2.75) is 6.42 Å². The molecule has 0 radical (unpaired) electrons. The second kappa shape index (κ2) is 5.41. The van der Waals surface area contributed by atoms with Crippen molar-refractivity contribution in [2.75, 3.05) is 12.9 Å². The highest BCUT2D eigenvalue weighted by Crippen LogP contribution is 2.24. The van der Waals surface area contributed by atoms with E-state index in [-0.39, 0.29) is 5.78 Å². The summed E-state index contributed by atoms with van der Waals surface area (Å²) in [6.45, 7) is 0. The number of Topliss-reactive ketones (excluding diaryl/α,β-unsaturated/α-hetero) is 1. The topological polar surface area (TPSA) is 26.3 Å². The molecule has 0 unspecified atom stereocenters. The summed E-state index contributed by atoms with van der Waals surface area (Å²) < 4.78 is 5.98. The monoisotopic (exact) mass is 274 g/mol. The Morgan fingerprint density at radius 1 is 1.57 bits per heavy atom. The van der Waals surface area contributed by atoms with Crippen molar-refractivity contribution in [3.8, 4) is 5.75 Å². The minimum atomic E-state index is 0.0538. The largest absolute Gasteiger partial charge is 0.496 e. The lowest BCUT2D eigenvalue weighted by Gasteiger charge is -2.07. The van der Waals surface area contributed by atoms with E-state index in [9.17, 15) is 4.79 Å². The second-order valence-corrected chi connectivity index (χ2v) is 4.10. The molecule has 0 aromatic heterocycles. The number of hydrogen-bond donors (Lipinski definition) is 1. The zero-order valence-corrected chi connectivity index (χ0v) is 10.3.